The van der Waals surface area contributed by atoms with Crippen LogP contribution >= 0.6 is 0 Å². The maximum Gasteiger partial charge on any atom is 0.254 e. The zero-order valence-corrected chi connectivity index (χ0v) is 19.3. The number of hydrogen-bond acceptors (Lipinski definition) is 6. The predicted octanol–water partition coefficient (Wildman–Crippen LogP) is 1.30. The van der Waals surface area contributed by atoms with E-state index < -0.39 is 29.8 Å². The van der Waals surface area contributed by atoms with Crippen LogP contribution in [0.3, 0.4) is 0 Å². The van der Waals surface area contributed by atoms with Crippen molar-refractivity contribution in [2.24, 2.45) is 5.41 Å². The number of hydrogen-bond donors (Lipinski definition) is 4. The Hall–Kier alpha value is -3.32. The minimum absolute atomic E-state index is 0.0575. The van der Waals surface area contributed by atoms with Crippen LogP contribution in [0.5, 0.6) is 0 Å². The molecule has 0 saturated carbocycles. The Morgan fingerprint density at radius 3 is 2.51 bits per heavy atom. The van der Waals surface area contributed by atoms with Crippen LogP contribution in [0, 0.1) is 22.6 Å². The van der Waals surface area contributed by atoms with Crippen molar-refractivity contribution in [3.63, 3.8) is 0 Å². The summed E-state index contributed by atoms with van der Waals surface area (Å²) in [6.45, 7) is 2.93. The van der Waals surface area contributed by atoms with Gasteiger partial charge in [0.2, 0.25) is 0 Å². The Bertz CT molecular complexity index is 1130. The van der Waals surface area contributed by atoms with Crippen LogP contribution in [-0.4, -0.2) is 65.3 Å². The number of halogens is 1. The van der Waals surface area contributed by atoms with Crippen LogP contribution in [0.1, 0.15) is 30.4 Å². The van der Waals surface area contributed by atoms with Crippen LogP contribution in [0.25, 0.3) is 11.1 Å². The average Bonchev–Trinajstić information content (AvgIpc) is 3.29. The topological polar surface area (TPSA) is 126 Å². The molecule has 0 bridgehead atoms. The Labute approximate surface area is 203 Å². The fraction of sp³-hybridized carbons (Fsp3) is 0.423. The van der Waals surface area contributed by atoms with Gasteiger partial charge in [0.15, 0.2) is 12.2 Å². The van der Waals surface area contributed by atoms with Gasteiger partial charge in [-0.2, -0.15) is 5.26 Å². The molecule has 1 spiro atoms. The molecule has 0 aromatic heterocycles. The number of rotatable bonds is 6. The molecule has 184 valence electrons. The number of nitrogens with one attached hydrogen (secondary N) is 2. The van der Waals surface area contributed by atoms with Crippen molar-refractivity contribution in [1.29, 1.82) is 5.26 Å². The normalized spacial score (nSPS) is 18.6. The molecule has 4 rings (SSSR count). The first-order valence-electron chi connectivity index (χ1n) is 11.7. The Morgan fingerprint density at radius 2 is 1.83 bits per heavy atom. The summed E-state index contributed by atoms with van der Waals surface area (Å²) >= 11 is 0. The molecule has 2 aromatic rings. The van der Waals surface area contributed by atoms with Crippen LogP contribution in [0.2, 0.25) is 0 Å². The summed E-state index contributed by atoms with van der Waals surface area (Å²) in [7, 11) is 0. The number of aliphatic hydroxyl groups is 2. The number of benzene rings is 2. The van der Waals surface area contributed by atoms with Crippen molar-refractivity contribution in [3.8, 4) is 17.2 Å². The zero-order valence-electron chi connectivity index (χ0n) is 19.3. The second kappa shape index (κ2) is 10.5. The summed E-state index contributed by atoms with van der Waals surface area (Å²) < 4.78 is 13.4. The number of nitriles is 1. The number of likely N-dealkylation sites (tertiary alicyclic amines) is 1. The van der Waals surface area contributed by atoms with Crippen molar-refractivity contribution in [2.75, 3.05) is 26.2 Å². The molecule has 4 N–H and O–H groups in total. The predicted molar refractivity (Wildman–Crippen MR) is 126 cm³/mol. The number of nitrogens with zero attached hydrogens (tertiary/aromatic N) is 2. The van der Waals surface area contributed by atoms with Gasteiger partial charge in [0.25, 0.3) is 11.8 Å². The highest BCUT2D eigenvalue weighted by molar-refractivity contribution is 5.90. The second-order valence-corrected chi connectivity index (χ2v) is 9.37. The van der Waals surface area contributed by atoms with Crippen molar-refractivity contribution in [3.05, 3.63) is 59.4 Å². The molecule has 8 nitrogen and oxygen atoms in total. The summed E-state index contributed by atoms with van der Waals surface area (Å²) in [4.78, 5) is 26.7. The number of carbonyl (C=O) groups is 2. The second-order valence-electron chi connectivity index (χ2n) is 9.37. The lowest BCUT2D eigenvalue weighted by atomic mass is 9.78. The van der Waals surface area contributed by atoms with E-state index >= 15 is 0 Å². The van der Waals surface area contributed by atoms with E-state index in [1.807, 2.05) is 6.07 Å². The van der Waals surface area contributed by atoms with Crippen LogP contribution in [0.4, 0.5) is 4.39 Å². The van der Waals surface area contributed by atoms with Gasteiger partial charge < -0.3 is 25.7 Å². The number of piperidine rings is 1. The molecule has 2 heterocycles. The third-order valence-electron chi connectivity index (χ3n) is 7.07. The van der Waals surface area contributed by atoms with Crippen LogP contribution < -0.4 is 10.6 Å². The van der Waals surface area contributed by atoms with E-state index in [2.05, 4.69) is 10.6 Å². The van der Waals surface area contributed by atoms with Crippen molar-refractivity contribution in [1.82, 2.24) is 15.5 Å². The van der Waals surface area contributed by atoms with Crippen molar-refractivity contribution < 1.29 is 24.2 Å². The standard InChI is InChI=1S/C26H29FN4O4/c27-20-5-6-21(19(13-20)14-28)18-3-1-17(2-4-18)15-30-24(34)22(32)23(33)25(35)31-12-9-26(16-31)7-10-29-11-8-26/h1-6,13,22-23,29,32-33H,7-12,15-16H2,(H,30,34)/t22-,23-/m1/s1. The van der Waals surface area contributed by atoms with Crippen LogP contribution in [0.15, 0.2) is 42.5 Å². The van der Waals surface area contributed by atoms with Crippen molar-refractivity contribution >= 4 is 11.8 Å². The van der Waals surface area contributed by atoms with Gasteiger partial charge in [0.05, 0.1) is 11.6 Å². The molecule has 2 amide bonds. The SMILES string of the molecule is N#Cc1cc(F)ccc1-c1ccc(CNC(=O)[C@H](O)[C@@H](O)C(=O)N2CCC3(CCNCC3)C2)cc1. The third kappa shape index (κ3) is 5.51. The monoisotopic (exact) mass is 480 g/mol. The molecule has 2 fully saturated rings. The van der Waals surface area contributed by atoms with E-state index in [1.54, 1.807) is 29.2 Å². The van der Waals surface area contributed by atoms with Gasteiger partial charge in [-0.3, -0.25) is 9.59 Å². The smallest absolute Gasteiger partial charge is 0.254 e. The van der Waals surface area contributed by atoms with Gasteiger partial charge >= 0.3 is 0 Å². The van der Waals surface area contributed by atoms with E-state index in [0.29, 0.717) is 24.2 Å². The highest BCUT2D eigenvalue weighted by atomic mass is 19.1. The molecule has 2 aliphatic rings. The Balaban J connectivity index is 1.31. The fourth-order valence-electron chi connectivity index (χ4n) is 4.91. The van der Waals surface area contributed by atoms with Gasteiger partial charge in [0, 0.05) is 19.6 Å². The summed E-state index contributed by atoms with van der Waals surface area (Å²) in [5.41, 5.74) is 2.30. The molecule has 2 saturated heterocycles. The van der Waals surface area contributed by atoms with E-state index in [1.165, 1.54) is 18.2 Å². The summed E-state index contributed by atoms with van der Waals surface area (Å²) in [5.74, 6) is -1.95. The zero-order chi connectivity index (χ0) is 25.0. The number of carbonyl (C=O) groups excluding carboxylic acids is 2. The average molecular weight is 481 g/mol. The molecular weight excluding hydrogens is 451 g/mol. The van der Waals surface area contributed by atoms with E-state index in [0.717, 1.165) is 37.9 Å². The highest BCUT2D eigenvalue weighted by Crippen LogP contribution is 2.38. The molecule has 2 aromatic carbocycles. The largest absolute Gasteiger partial charge is 0.380 e. The minimum atomic E-state index is -1.87. The molecule has 0 aliphatic carbocycles. The quantitative estimate of drug-likeness (QED) is 0.494. The molecule has 0 radical (unpaired) electrons. The van der Waals surface area contributed by atoms with Gasteiger partial charge in [-0.15, -0.1) is 0 Å². The Kier molecular flexibility index (Phi) is 7.45. The maximum atomic E-state index is 13.4. The third-order valence-corrected chi connectivity index (χ3v) is 7.07. The minimum Gasteiger partial charge on any atom is -0.380 e. The fourth-order valence-corrected chi connectivity index (χ4v) is 4.91. The first kappa shape index (κ1) is 24.8. The van der Waals surface area contributed by atoms with Gasteiger partial charge in [-0.05, 0) is 66.6 Å². The number of amides is 2. The van der Waals surface area contributed by atoms with Crippen LogP contribution in [-0.2, 0) is 16.1 Å². The van der Waals surface area contributed by atoms with E-state index in [9.17, 15) is 29.5 Å². The molecular formula is C26H29FN4O4. The summed E-state index contributed by atoms with van der Waals surface area (Å²) in [6.07, 6.45) is -0.901. The highest BCUT2D eigenvalue weighted by Gasteiger charge is 2.43. The van der Waals surface area contributed by atoms with Gasteiger partial charge in [-0.1, -0.05) is 30.3 Å². The lowest BCUT2D eigenvalue weighted by Gasteiger charge is -2.34. The van der Waals surface area contributed by atoms with Gasteiger partial charge in [-0.25, -0.2) is 4.39 Å². The van der Waals surface area contributed by atoms with E-state index in [-0.39, 0.29) is 17.5 Å². The molecule has 9 heteroatoms. The first-order valence-corrected chi connectivity index (χ1v) is 11.7. The lowest BCUT2D eigenvalue weighted by Crippen LogP contribution is -2.50. The van der Waals surface area contributed by atoms with Gasteiger partial charge in [0.1, 0.15) is 5.82 Å². The van der Waals surface area contributed by atoms with Crippen molar-refractivity contribution in [2.45, 2.75) is 38.0 Å². The molecule has 2 atom stereocenters. The molecule has 35 heavy (non-hydrogen) atoms. The maximum absolute atomic E-state index is 13.4. The van der Waals surface area contributed by atoms with E-state index in [4.69, 9.17) is 0 Å². The summed E-state index contributed by atoms with van der Waals surface area (Å²) in [6, 6.07) is 12.9. The first-order chi connectivity index (χ1) is 16.8. The Morgan fingerprint density at radius 1 is 1.11 bits per heavy atom. The number of aliphatic hydroxyl groups excluding tert-OH is 2. The lowest BCUT2D eigenvalue weighted by molar-refractivity contribution is -0.152. The summed E-state index contributed by atoms with van der Waals surface area (Å²) in [5, 5.41) is 35.7. The molecule has 0 unspecified atom stereocenters. The molecule has 2 aliphatic heterocycles.